The summed E-state index contributed by atoms with van der Waals surface area (Å²) in [5.41, 5.74) is -0.0113. The van der Waals surface area contributed by atoms with Crippen LogP contribution in [-0.2, 0) is 0 Å². The number of ether oxygens (including phenoxy) is 2. The molecular weight excluding hydrogens is 214 g/mol. The van der Waals surface area contributed by atoms with E-state index < -0.39 is 12.9 Å². The molecule has 0 aliphatic carbocycles. The highest BCUT2D eigenvalue weighted by Crippen LogP contribution is 2.25. The lowest BCUT2D eigenvalue weighted by Crippen LogP contribution is -2.32. The SMILES string of the molecule is CCOc1ccc(B(O)O)c(OCC)c1F. The highest BCUT2D eigenvalue weighted by molar-refractivity contribution is 6.59. The van der Waals surface area contributed by atoms with E-state index in [1.165, 1.54) is 12.1 Å². The molecule has 1 aromatic rings. The van der Waals surface area contributed by atoms with E-state index >= 15 is 0 Å². The molecule has 0 aliphatic rings. The maximum absolute atomic E-state index is 13.8. The molecule has 2 N–H and O–H groups in total. The molecule has 0 bridgehead atoms. The fraction of sp³-hybridized carbons (Fsp3) is 0.400. The van der Waals surface area contributed by atoms with Crippen LogP contribution in [0.15, 0.2) is 12.1 Å². The summed E-state index contributed by atoms with van der Waals surface area (Å²) in [6.45, 7) is 3.96. The van der Waals surface area contributed by atoms with Gasteiger partial charge in [0.25, 0.3) is 0 Å². The lowest BCUT2D eigenvalue weighted by Gasteiger charge is -2.13. The normalized spacial score (nSPS) is 10.1. The van der Waals surface area contributed by atoms with Crippen LogP contribution in [0.2, 0.25) is 0 Å². The fourth-order valence-corrected chi connectivity index (χ4v) is 1.31. The Balaban J connectivity index is 3.18. The molecule has 0 spiro atoms. The largest absolute Gasteiger partial charge is 0.492 e. The Hall–Kier alpha value is -1.27. The van der Waals surface area contributed by atoms with Crippen LogP contribution in [-0.4, -0.2) is 30.4 Å². The molecule has 0 fully saturated rings. The van der Waals surface area contributed by atoms with Crippen LogP contribution in [0.3, 0.4) is 0 Å². The van der Waals surface area contributed by atoms with E-state index in [2.05, 4.69) is 0 Å². The molecule has 16 heavy (non-hydrogen) atoms. The Morgan fingerprint density at radius 3 is 2.31 bits per heavy atom. The lowest BCUT2D eigenvalue weighted by molar-refractivity contribution is 0.292. The molecule has 0 aromatic heterocycles. The van der Waals surface area contributed by atoms with Gasteiger partial charge < -0.3 is 19.5 Å². The number of rotatable bonds is 5. The second kappa shape index (κ2) is 5.72. The molecular formula is C10H14BFO4. The second-order valence-corrected chi connectivity index (χ2v) is 3.04. The van der Waals surface area contributed by atoms with Gasteiger partial charge in [0, 0.05) is 5.46 Å². The average molecular weight is 228 g/mol. The summed E-state index contributed by atoms with van der Waals surface area (Å²) in [6.07, 6.45) is 0. The van der Waals surface area contributed by atoms with E-state index in [1.807, 2.05) is 0 Å². The summed E-state index contributed by atoms with van der Waals surface area (Å²) >= 11 is 0. The van der Waals surface area contributed by atoms with Gasteiger partial charge in [-0.2, -0.15) is 4.39 Å². The van der Waals surface area contributed by atoms with Gasteiger partial charge in [0.1, 0.15) is 0 Å². The van der Waals surface area contributed by atoms with Gasteiger partial charge in [0.2, 0.25) is 5.82 Å². The topological polar surface area (TPSA) is 58.9 Å². The molecule has 0 heterocycles. The highest BCUT2D eigenvalue weighted by atomic mass is 19.1. The molecule has 0 aliphatic heterocycles. The van der Waals surface area contributed by atoms with Crippen LogP contribution in [0, 0.1) is 5.82 Å². The highest BCUT2D eigenvalue weighted by Gasteiger charge is 2.23. The van der Waals surface area contributed by atoms with Crippen molar-refractivity contribution >= 4 is 12.6 Å². The van der Waals surface area contributed by atoms with Crippen LogP contribution < -0.4 is 14.9 Å². The van der Waals surface area contributed by atoms with Gasteiger partial charge in [0.15, 0.2) is 11.5 Å². The van der Waals surface area contributed by atoms with Crippen molar-refractivity contribution in [2.24, 2.45) is 0 Å². The van der Waals surface area contributed by atoms with Crippen LogP contribution in [0.4, 0.5) is 4.39 Å². The number of halogens is 1. The first-order valence-electron chi connectivity index (χ1n) is 5.05. The zero-order chi connectivity index (χ0) is 12.1. The maximum atomic E-state index is 13.8. The number of hydrogen-bond acceptors (Lipinski definition) is 4. The van der Waals surface area contributed by atoms with Crippen molar-refractivity contribution in [1.82, 2.24) is 0 Å². The van der Waals surface area contributed by atoms with Crippen molar-refractivity contribution in [2.45, 2.75) is 13.8 Å². The smallest absolute Gasteiger partial charge is 0.491 e. The second-order valence-electron chi connectivity index (χ2n) is 3.04. The monoisotopic (exact) mass is 228 g/mol. The fourth-order valence-electron chi connectivity index (χ4n) is 1.31. The number of hydrogen-bond donors (Lipinski definition) is 2. The Labute approximate surface area is 93.8 Å². The van der Waals surface area contributed by atoms with E-state index in [-0.39, 0.29) is 23.6 Å². The molecule has 1 aromatic carbocycles. The predicted octanol–water partition coefficient (Wildman–Crippen LogP) is 0.303. The first-order valence-corrected chi connectivity index (χ1v) is 5.05. The minimum absolute atomic E-state index is 0.0113. The maximum Gasteiger partial charge on any atom is 0.492 e. The molecule has 1 rings (SSSR count). The zero-order valence-electron chi connectivity index (χ0n) is 9.24. The van der Waals surface area contributed by atoms with E-state index in [9.17, 15) is 4.39 Å². The minimum atomic E-state index is -1.77. The summed E-state index contributed by atoms with van der Waals surface area (Å²) in [5.74, 6) is -0.854. The van der Waals surface area contributed by atoms with Crippen molar-refractivity contribution in [3.8, 4) is 11.5 Å². The van der Waals surface area contributed by atoms with Gasteiger partial charge >= 0.3 is 7.12 Å². The summed E-state index contributed by atoms with van der Waals surface area (Å²) in [4.78, 5) is 0. The van der Waals surface area contributed by atoms with Crippen molar-refractivity contribution in [2.75, 3.05) is 13.2 Å². The van der Waals surface area contributed by atoms with Crippen molar-refractivity contribution < 1.29 is 23.9 Å². The van der Waals surface area contributed by atoms with Crippen molar-refractivity contribution in [3.05, 3.63) is 17.9 Å². The van der Waals surface area contributed by atoms with Crippen LogP contribution in [0.5, 0.6) is 11.5 Å². The summed E-state index contributed by atoms with van der Waals surface area (Å²) < 4.78 is 23.9. The van der Waals surface area contributed by atoms with Crippen LogP contribution >= 0.6 is 0 Å². The summed E-state index contributed by atoms with van der Waals surface area (Å²) in [6, 6.07) is 2.71. The third kappa shape index (κ3) is 2.65. The van der Waals surface area contributed by atoms with Gasteiger partial charge in [-0.1, -0.05) is 6.07 Å². The standard InChI is InChI=1S/C10H14BFO4/c1-3-15-8-6-5-7(11(13)14)10(9(8)12)16-4-2/h5-6,13-14H,3-4H2,1-2H3. The molecule has 0 unspecified atom stereocenters. The van der Waals surface area contributed by atoms with Gasteiger partial charge in [0.05, 0.1) is 13.2 Å². The van der Waals surface area contributed by atoms with E-state index in [1.54, 1.807) is 13.8 Å². The van der Waals surface area contributed by atoms with Crippen molar-refractivity contribution in [3.63, 3.8) is 0 Å². The summed E-state index contributed by atoms with van der Waals surface area (Å²) in [5, 5.41) is 18.1. The van der Waals surface area contributed by atoms with E-state index in [4.69, 9.17) is 19.5 Å². The Morgan fingerprint density at radius 1 is 1.19 bits per heavy atom. The molecule has 6 heteroatoms. The molecule has 4 nitrogen and oxygen atoms in total. The van der Waals surface area contributed by atoms with Gasteiger partial charge in [-0.25, -0.2) is 0 Å². The molecule has 0 radical (unpaired) electrons. The summed E-state index contributed by atoms with van der Waals surface area (Å²) in [7, 11) is -1.77. The number of benzene rings is 1. The van der Waals surface area contributed by atoms with Gasteiger partial charge in [-0.15, -0.1) is 0 Å². The molecule has 0 saturated heterocycles. The molecule has 0 atom stereocenters. The quantitative estimate of drug-likeness (QED) is 0.711. The Bertz CT molecular complexity index is 357. The van der Waals surface area contributed by atoms with Gasteiger partial charge in [-0.3, -0.25) is 0 Å². The van der Waals surface area contributed by atoms with Crippen LogP contribution in [0.25, 0.3) is 0 Å². The molecule has 0 amide bonds. The first kappa shape index (κ1) is 12.8. The van der Waals surface area contributed by atoms with Gasteiger partial charge in [-0.05, 0) is 19.9 Å². The zero-order valence-corrected chi connectivity index (χ0v) is 9.24. The Morgan fingerprint density at radius 2 is 1.81 bits per heavy atom. The van der Waals surface area contributed by atoms with Crippen molar-refractivity contribution in [1.29, 1.82) is 0 Å². The predicted molar refractivity (Wildman–Crippen MR) is 58.6 cm³/mol. The Kier molecular flexibility index (Phi) is 4.58. The first-order chi connectivity index (χ1) is 7.61. The third-order valence-corrected chi connectivity index (χ3v) is 1.96. The third-order valence-electron chi connectivity index (χ3n) is 1.96. The average Bonchev–Trinajstić information content (AvgIpc) is 2.24. The van der Waals surface area contributed by atoms with Crippen LogP contribution in [0.1, 0.15) is 13.8 Å². The molecule has 0 saturated carbocycles. The minimum Gasteiger partial charge on any atom is -0.491 e. The lowest BCUT2D eigenvalue weighted by atomic mass is 9.79. The van der Waals surface area contributed by atoms with E-state index in [0.717, 1.165) is 0 Å². The van der Waals surface area contributed by atoms with E-state index in [0.29, 0.717) is 6.61 Å². The molecule has 88 valence electrons.